The van der Waals surface area contributed by atoms with E-state index in [9.17, 15) is 19.5 Å². The first-order valence-electron chi connectivity index (χ1n) is 9.13. The monoisotopic (exact) mass is 434 g/mol. The topological polar surface area (TPSA) is 114 Å². The van der Waals surface area contributed by atoms with E-state index < -0.39 is 36.7 Å². The molecule has 0 spiro atoms. The van der Waals surface area contributed by atoms with Crippen molar-refractivity contribution in [2.45, 2.75) is 25.1 Å². The number of carbonyl (C=O) groups is 3. The zero-order valence-corrected chi connectivity index (χ0v) is 17.1. The zero-order valence-electron chi connectivity index (χ0n) is 16.3. The Hall–Kier alpha value is -3.10. The summed E-state index contributed by atoms with van der Waals surface area (Å²) >= 11 is 5.85. The number of aliphatic hydroxyl groups excluding tert-OH is 1. The Morgan fingerprint density at radius 1 is 0.967 bits per heavy atom. The summed E-state index contributed by atoms with van der Waals surface area (Å²) in [6, 6.07) is 13.4. The molecule has 0 aliphatic rings. The third-order valence-electron chi connectivity index (χ3n) is 4.16. The fraction of sp³-hybridized carbons (Fsp3) is 0.286. The Bertz CT molecular complexity index is 844. The fourth-order valence-corrected chi connectivity index (χ4v) is 2.69. The molecular weight excluding hydrogens is 412 g/mol. The highest BCUT2D eigenvalue weighted by molar-refractivity contribution is 6.30. The highest BCUT2D eigenvalue weighted by Crippen LogP contribution is 2.12. The lowest BCUT2D eigenvalue weighted by Crippen LogP contribution is -2.54. The lowest BCUT2D eigenvalue weighted by molar-refractivity contribution is -0.145. The number of aliphatic hydroxyl groups is 1. The van der Waals surface area contributed by atoms with Crippen molar-refractivity contribution in [1.82, 2.24) is 10.6 Å². The molecule has 0 saturated heterocycles. The summed E-state index contributed by atoms with van der Waals surface area (Å²) in [5.74, 6) is -1.42. The van der Waals surface area contributed by atoms with Crippen molar-refractivity contribution in [2.24, 2.45) is 0 Å². The van der Waals surface area contributed by atoms with Crippen LogP contribution in [-0.2, 0) is 32.1 Å². The van der Waals surface area contributed by atoms with Gasteiger partial charge in [0.05, 0.1) is 13.7 Å². The highest BCUT2D eigenvalue weighted by atomic mass is 35.5. The van der Waals surface area contributed by atoms with Gasteiger partial charge in [-0.25, -0.2) is 9.59 Å². The van der Waals surface area contributed by atoms with E-state index in [0.717, 1.165) is 11.1 Å². The molecule has 0 saturated carbocycles. The third-order valence-corrected chi connectivity index (χ3v) is 4.41. The molecule has 0 radical (unpaired) electrons. The standard InChI is InChI=1S/C21H23ClN2O6/c1-29-20(27)17(11-14-7-9-16(22)10-8-14)23-19(26)18(12-25)24-21(28)30-13-15-5-3-2-4-6-15/h2-10,17-18,25H,11-13H2,1H3,(H,23,26)(H,24,28)/t17-,18+/m1/s1. The molecule has 2 aromatic carbocycles. The quantitative estimate of drug-likeness (QED) is 0.519. The molecule has 30 heavy (non-hydrogen) atoms. The minimum absolute atomic E-state index is 0.00773. The molecule has 0 heterocycles. The van der Waals surface area contributed by atoms with E-state index >= 15 is 0 Å². The van der Waals surface area contributed by atoms with E-state index in [1.54, 1.807) is 48.5 Å². The normalized spacial score (nSPS) is 12.4. The smallest absolute Gasteiger partial charge is 0.408 e. The predicted molar refractivity (Wildman–Crippen MR) is 110 cm³/mol. The number of hydrogen-bond acceptors (Lipinski definition) is 6. The Kier molecular flexibility index (Phi) is 9.11. The Morgan fingerprint density at radius 2 is 1.63 bits per heavy atom. The largest absolute Gasteiger partial charge is 0.467 e. The minimum atomic E-state index is -1.30. The number of esters is 1. The van der Waals surface area contributed by atoms with E-state index in [2.05, 4.69) is 10.6 Å². The molecule has 2 rings (SSSR count). The first-order chi connectivity index (χ1) is 14.4. The molecule has 0 unspecified atom stereocenters. The second kappa shape index (κ2) is 11.8. The molecule has 8 nitrogen and oxygen atoms in total. The van der Waals surface area contributed by atoms with Crippen LogP contribution in [-0.4, -0.2) is 48.9 Å². The van der Waals surface area contributed by atoms with Crippen molar-refractivity contribution in [1.29, 1.82) is 0 Å². The van der Waals surface area contributed by atoms with Crippen LogP contribution in [0.1, 0.15) is 11.1 Å². The first-order valence-corrected chi connectivity index (χ1v) is 9.51. The number of nitrogens with one attached hydrogen (secondary N) is 2. The van der Waals surface area contributed by atoms with Crippen LogP contribution in [0.4, 0.5) is 4.79 Å². The van der Waals surface area contributed by atoms with Gasteiger partial charge >= 0.3 is 12.1 Å². The van der Waals surface area contributed by atoms with Gasteiger partial charge in [0.15, 0.2) is 0 Å². The number of benzene rings is 2. The van der Waals surface area contributed by atoms with Crippen LogP contribution in [0.25, 0.3) is 0 Å². The number of methoxy groups -OCH3 is 1. The summed E-state index contributed by atoms with van der Waals surface area (Å²) in [4.78, 5) is 36.5. The molecule has 9 heteroatoms. The second-order valence-electron chi connectivity index (χ2n) is 6.36. The predicted octanol–water partition coefficient (Wildman–Crippen LogP) is 1.83. The number of alkyl carbamates (subject to hydrolysis) is 1. The molecule has 0 fully saturated rings. The van der Waals surface area contributed by atoms with E-state index in [0.29, 0.717) is 5.02 Å². The Labute approximate surface area is 179 Å². The maximum Gasteiger partial charge on any atom is 0.408 e. The van der Waals surface area contributed by atoms with E-state index in [4.69, 9.17) is 21.1 Å². The molecule has 0 aliphatic heterocycles. The van der Waals surface area contributed by atoms with Gasteiger partial charge in [-0.1, -0.05) is 54.1 Å². The molecule has 3 N–H and O–H groups in total. The highest BCUT2D eigenvalue weighted by Gasteiger charge is 2.27. The maximum atomic E-state index is 12.5. The summed E-state index contributed by atoms with van der Waals surface area (Å²) in [6.07, 6.45) is -0.730. The summed E-state index contributed by atoms with van der Waals surface area (Å²) in [6.45, 7) is -0.672. The van der Waals surface area contributed by atoms with Gasteiger partial charge in [-0.15, -0.1) is 0 Å². The maximum absolute atomic E-state index is 12.5. The van der Waals surface area contributed by atoms with Gasteiger partial charge in [0.1, 0.15) is 18.7 Å². The summed E-state index contributed by atoms with van der Waals surface area (Å²) in [5.41, 5.74) is 1.51. The molecule has 160 valence electrons. The molecule has 2 aromatic rings. The van der Waals surface area contributed by atoms with E-state index in [-0.39, 0.29) is 13.0 Å². The first kappa shape index (κ1) is 23.2. The van der Waals surface area contributed by atoms with Crippen LogP contribution in [0.3, 0.4) is 0 Å². The summed E-state index contributed by atoms with van der Waals surface area (Å²) in [7, 11) is 1.20. The van der Waals surface area contributed by atoms with Gasteiger partial charge in [0, 0.05) is 11.4 Å². The molecule has 0 aromatic heterocycles. The van der Waals surface area contributed by atoms with Gasteiger partial charge in [0.25, 0.3) is 0 Å². The number of hydrogen-bond donors (Lipinski definition) is 3. The molecule has 2 amide bonds. The van der Waals surface area contributed by atoms with Crippen LogP contribution in [0.2, 0.25) is 5.02 Å². The van der Waals surface area contributed by atoms with Crippen molar-refractivity contribution < 1.29 is 29.0 Å². The van der Waals surface area contributed by atoms with Crippen molar-refractivity contribution in [3.05, 3.63) is 70.7 Å². The van der Waals surface area contributed by atoms with Crippen LogP contribution < -0.4 is 10.6 Å². The number of halogens is 1. The number of amides is 2. The van der Waals surface area contributed by atoms with Crippen molar-refractivity contribution in [3.63, 3.8) is 0 Å². The van der Waals surface area contributed by atoms with Gasteiger partial charge in [0.2, 0.25) is 5.91 Å². The van der Waals surface area contributed by atoms with Gasteiger partial charge in [-0.05, 0) is 23.3 Å². The van der Waals surface area contributed by atoms with Crippen molar-refractivity contribution in [3.8, 4) is 0 Å². The lowest BCUT2D eigenvalue weighted by atomic mass is 10.1. The second-order valence-corrected chi connectivity index (χ2v) is 6.79. The van der Waals surface area contributed by atoms with Crippen LogP contribution in [0, 0.1) is 0 Å². The van der Waals surface area contributed by atoms with Crippen LogP contribution >= 0.6 is 11.6 Å². The zero-order chi connectivity index (χ0) is 21.9. The Morgan fingerprint density at radius 3 is 2.23 bits per heavy atom. The summed E-state index contributed by atoms with van der Waals surface area (Å²) < 4.78 is 9.78. The number of rotatable bonds is 9. The lowest BCUT2D eigenvalue weighted by Gasteiger charge is -2.21. The Balaban J connectivity index is 1.94. The van der Waals surface area contributed by atoms with Gasteiger partial charge in [-0.2, -0.15) is 0 Å². The van der Waals surface area contributed by atoms with Gasteiger partial charge in [-0.3, -0.25) is 4.79 Å². The molecule has 2 atom stereocenters. The van der Waals surface area contributed by atoms with Crippen LogP contribution in [0.5, 0.6) is 0 Å². The summed E-state index contributed by atoms with van der Waals surface area (Å²) in [5, 5.41) is 14.8. The van der Waals surface area contributed by atoms with E-state index in [1.165, 1.54) is 7.11 Å². The minimum Gasteiger partial charge on any atom is -0.467 e. The molecule has 0 bridgehead atoms. The van der Waals surface area contributed by atoms with E-state index in [1.807, 2.05) is 6.07 Å². The van der Waals surface area contributed by atoms with Crippen LogP contribution in [0.15, 0.2) is 54.6 Å². The average Bonchev–Trinajstić information content (AvgIpc) is 2.77. The fourth-order valence-electron chi connectivity index (χ4n) is 2.57. The van der Waals surface area contributed by atoms with Crippen molar-refractivity contribution in [2.75, 3.05) is 13.7 Å². The third kappa shape index (κ3) is 7.38. The molecular formula is C21H23ClN2O6. The number of ether oxygens (including phenoxy) is 2. The molecule has 0 aliphatic carbocycles. The average molecular weight is 435 g/mol. The number of carbonyl (C=O) groups excluding carboxylic acids is 3. The SMILES string of the molecule is COC(=O)[C@@H](Cc1ccc(Cl)cc1)NC(=O)[C@H](CO)NC(=O)OCc1ccccc1. The van der Waals surface area contributed by atoms with Gasteiger partial charge < -0.3 is 25.2 Å². The van der Waals surface area contributed by atoms with Crippen molar-refractivity contribution >= 4 is 29.6 Å².